The molecule has 1 amide bonds. The molecule has 2 rings (SSSR count). The van der Waals surface area contributed by atoms with Gasteiger partial charge in [0.05, 0.1) is 0 Å². The van der Waals surface area contributed by atoms with Crippen LogP contribution in [0.2, 0.25) is 0 Å². The zero-order valence-electron chi connectivity index (χ0n) is 18.2. The van der Waals surface area contributed by atoms with Crippen LogP contribution >= 0.6 is 0 Å². The van der Waals surface area contributed by atoms with Crippen LogP contribution < -0.4 is 10.6 Å². The van der Waals surface area contributed by atoms with Crippen molar-refractivity contribution < 1.29 is 4.79 Å². The molecule has 0 bridgehead atoms. The van der Waals surface area contributed by atoms with Crippen molar-refractivity contribution in [3.8, 4) is 0 Å². The highest BCUT2D eigenvalue weighted by atomic mass is 16.2. The molecule has 2 N–H and O–H groups in total. The summed E-state index contributed by atoms with van der Waals surface area (Å²) >= 11 is 0. The Balaban J connectivity index is 1.72. The van der Waals surface area contributed by atoms with Gasteiger partial charge in [-0.3, -0.25) is 9.79 Å². The normalized spacial score (nSPS) is 20.7. The molecule has 1 fully saturated rings. The maximum absolute atomic E-state index is 12.1. The Bertz CT molecular complexity index is 648. The number of nitrogens with one attached hydrogen (secondary N) is 2. The first-order valence-electron chi connectivity index (χ1n) is 10.4. The van der Waals surface area contributed by atoms with Crippen LogP contribution in [0.3, 0.4) is 0 Å². The Morgan fingerprint density at radius 3 is 2.50 bits per heavy atom. The zero-order valence-corrected chi connectivity index (χ0v) is 18.2. The lowest BCUT2D eigenvalue weighted by atomic mass is 9.92. The van der Waals surface area contributed by atoms with Gasteiger partial charge in [-0.25, -0.2) is 0 Å². The van der Waals surface area contributed by atoms with Gasteiger partial charge in [-0.1, -0.05) is 26.0 Å². The first kappa shape index (κ1) is 22.2. The summed E-state index contributed by atoms with van der Waals surface area (Å²) in [5.74, 6) is 2.44. The van der Waals surface area contributed by atoms with Crippen molar-refractivity contribution in [3.63, 3.8) is 0 Å². The van der Waals surface area contributed by atoms with E-state index < -0.39 is 0 Å². The number of carbonyl (C=O) groups is 1. The Labute approximate surface area is 170 Å². The number of guanidine groups is 1. The topological polar surface area (TPSA) is 60.0 Å². The monoisotopic (exact) mass is 387 g/mol. The lowest BCUT2D eigenvalue weighted by Crippen LogP contribution is -2.45. The van der Waals surface area contributed by atoms with Crippen LogP contribution in [0.1, 0.15) is 36.2 Å². The van der Waals surface area contributed by atoms with E-state index in [2.05, 4.69) is 40.4 Å². The molecular formula is C22H37N5O. The third-order valence-electron chi connectivity index (χ3n) is 5.17. The van der Waals surface area contributed by atoms with Crippen molar-refractivity contribution in [1.82, 2.24) is 20.4 Å². The molecule has 0 aromatic heterocycles. The third kappa shape index (κ3) is 7.15. The maximum atomic E-state index is 12.1. The van der Waals surface area contributed by atoms with Gasteiger partial charge >= 0.3 is 0 Å². The number of benzene rings is 1. The van der Waals surface area contributed by atoms with Gasteiger partial charge in [0.15, 0.2) is 5.96 Å². The number of nitrogens with zero attached hydrogens (tertiary/aromatic N) is 3. The van der Waals surface area contributed by atoms with Crippen LogP contribution in [0, 0.1) is 11.8 Å². The summed E-state index contributed by atoms with van der Waals surface area (Å²) in [6.45, 7) is 9.79. The molecule has 6 heteroatoms. The number of aliphatic imine (C=N–C) groups is 1. The summed E-state index contributed by atoms with van der Waals surface area (Å²) in [6, 6.07) is 7.84. The van der Waals surface area contributed by atoms with E-state index in [9.17, 15) is 4.79 Å². The average molecular weight is 388 g/mol. The summed E-state index contributed by atoms with van der Waals surface area (Å²) in [5, 5.41) is 6.78. The molecule has 2 atom stereocenters. The number of carbonyl (C=O) groups excluding carboxylic acids is 1. The SMILES string of the molecule is CN=C(NCCc1cccc(C(=O)N(C)C)c1)NCCN1CC(C)CC(C)C1. The molecule has 1 saturated heterocycles. The molecule has 1 aliphatic heterocycles. The zero-order chi connectivity index (χ0) is 20.5. The van der Waals surface area contributed by atoms with Crippen molar-refractivity contribution in [1.29, 1.82) is 0 Å². The summed E-state index contributed by atoms with van der Waals surface area (Å²) in [5.41, 5.74) is 1.88. The van der Waals surface area contributed by atoms with Crippen molar-refractivity contribution in [3.05, 3.63) is 35.4 Å². The highest BCUT2D eigenvalue weighted by molar-refractivity contribution is 5.94. The number of amides is 1. The molecule has 2 unspecified atom stereocenters. The average Bonchev–Trinajstić information content (AvgIpc) is 2.65. The minimum absolute atomic E-state index is 0.0358. The quantitative estimate of drug-likeness (QED) is 0.555. The highest BCUT2D eigenvalue weighted by Crippen LogP contribution is 2.20. The Hall–Kier alpha value is -2.08. The first-order valence-corrected chi connectivity index (χ1v) is 10.4. The number of hydrogen-bond donors (Lipinski definition) is 2. The molecule has 0 spiro atoms. The van der Waals surface area contributed by atoms with Gasteiger partial charge in [0.1, 0.15) is 0 Å². The molecule has 0 aliphatic carbocycles. The van der Waals surface area contributed by atoms with Gasteiger partial charge in [0.2, 0.25) is 0 Å². The second-order valence-corrected chi connectivity index (χ2v) is 8.28. The van der Waals surface area contributed by atoms with Gasteiger partial charge < -0.3 is 20.4 Å². The van der Waals surface area contributed by atoms with Crippen LogP contribution in [0.4, 0.5) is 0 Å². The third-order valence-corrected chi connectivity index (χ3v) is 5.17. The molecule has 0 radical (unpaired) electrons. The second kappa shape index (κ2) is 11.1. The van der Waals surface area contributed by atoms with E-state index in [1.165, 1.54) is 19.5 Å². The predicted molar refractivity (Wildman–Crippen MR) is 117 cm³/mol. The van der Waals surface area contributed by atoms with Crippen molar-refractivity contribution in [2.24, 2.45) is 16.8 Å². The number of rotatable bonds is 7. The Morgan fingerprint density at radius 1 is 1.18 bits per heavy atom. The first-order chi connectivity index (χ1) is 13.4. The summed E-state index contributed by atoms with van der Waals surface area (Å²) in [6.07, 6.45) is 2.19. The van der Waals surface area contributed by atoms with Crippen LogP contribution in [-0.2, 0) is 6.42 Å². The van der Waals surface area contributed by atoms with Crippen molar-refractivity contribution >= 4 is 11.9 Å². The maximum Gasteiger partial charge on any atom is 0.253 e. The van der Waals surface area contributed by atoms with E-state index in [1.54, 1.807) is 26.0 Å². The number of piperidine rings is 1. The molecule has 1 heterocycles. The molecule has 1 aliphatic rings. The predicted octanol–water partition coefficient (Wildman–Crippen LogP) is 2.07. The fourth-order valence-electron chi connectivity index (χ4n) is 3.97. The van der Waals surface area contributed by atoms with Gasteiger partial charge in [-0.15, -0.1) is 0 Å². The van der Waals surface area contributed by atoms with Crippen molar-refractivity contribution in [2.75, 3.05) is 53.9 Å². The van der Waals surface area contributed by atoms with E-state index in [0.717, 1.165) is 55.0 Å². The van der Waals surface area contributed by atoms with Crippen LogP contribution in [0.25, 0.3) is 0 Å². The van der Waals surface area contributed by atoms with Crippen molar-refractivity contribution in [2.45, 2.75) is 26.7 Å². The number of hydrogen-bond acceptors (Lipinski definition) is 3. The van der Waals surface area contributed by atoms with Crippen LogP contribution in [-0.4, -0.2) is 75.5 Å². The fourth-order valence-corrected chi connectivity index (χ4v) is 3.97. The molecule has 6 nitrogen and oxygen atoms in total. The Kier molecular flexibility index (Phi) is 8.77. The van der Waals surface area contributed by atoms with Crippen LogP contribution in [0.15, 0.2) is 29.3 Å². The minimum Gasteiger partial charge on any atom is -0.356 e. The van der Waals surface area contributed by atoms with Gasteiger partial charge in [0, 0.05) is 59.4 Å². The summed E-state index contributed by atoms with van der Waals surface area (Å²) in [4.78, 5) is 20.6. The van der Waals surface area contributed by atoms with E-state index in [0.29, 0.717) is 0 Å². The highest BCUT2D eigenvalue weighted by Gasteiger charge is 2.21. The lowest BCUT2D eigenvalue weighted by Gasteiger charge is -2.35. The Morgan fingerprint density at radius 2 is 1.86 bits per heavy atom. The summed E-state index contributed by atoms with van der Waals surface area (Å²) < 4.78 is 0. The molecular weight excluding hydrogens is 350 g/mol. The molecule has 1 aromatic carbocycles. The van der Waals surface area contributed by atoms with Gasteiger partial charge in [0.25, 0.3) is 5.91 Å². The van der Waals surface area contributed by atoms with E-state index >= 15 is 0 Å². The molecule has 0 saturated carbocycles. The lowest BCUT2D eigenvalue weighted by molar-refractivity contribution is 0.0827. The van der Waals surface area contributed by atoms with E-state index in [1.807, 2.05) is 18.2 Å². The number of likely N-dealkylation sites (tertiary alicyclic amines) is 1. The molecule has 156 valence electrons. The van der Waals surface area contributed by atoms with Crippen LogP contribution in [0.5, 0.6) is 0 Å². The smallest absolute Gasteiger partial charge is 0.253 e. The van der Waals surface area contributed by atoms with Gasteiger partial charge in [-0.05, 0) is 42.4 Å². The van der Waals surface area contributed by atoms with E-state index in [-0.39, 0.29) is 5.91 Å². The largest absolute Gasteiger partial charge is 0.356 e. The fraction of sp³-hybridized carbons (Fsp3) is 0.636. The van der Waals surface area contributed by atoms with E-state index in [4.69, 9.17) is 0 Å². The molecule has 1 aromatic rings. The minimum atomic E-state index is 0.0358. The standard InChI is InChI=1S/C22H37N5O/c1-17-13-18(2)16-27(15-17)12-11-25-22(23-3)24-10-9-19-7-6-8-20(14-19)21(28)26(4)5/h6-8,14,17-18H,9-13,15-16H2,1-5H3,(H2,23,24,25). The second-order valence-electron chi connectivity index (χ2n) is 8.28. The molecule has 28 heavy (non-hydrogen) atoms. The van der Waals surface area contributed by atoms with Gasteiger partial charge in [-0.2, -0.15) is 0 Å². The summed E-state index contributed by atoms with van der Waals surface area (Å²) in [7, 11) is 5.35.